The Bertz CT molecular complexity index is 979. The highest BCUT2D eigenvalue weighted by Crippen LogP contribution is 2.36. The molecule has 2 aromatic heterocycles. The van der Waals surface area contributed by atoms with Crippen molar-refractivity contribution in [2.45, 2.75) is 32.1 Å². The zero-order valence-corrected chi connectivity index (χ0v) is 15.3. The molecule has 134 valence electrons. The highest BCUT2D eigenvalue weighted by Gasteiger charge is 2.25. The number of piperidine rings is 1. The van der Waals surface area contributed by atoms with Crippen molar-refractivity contribution in [3.63, 3.8) is 0 Å². The molecule has 0 radical (unpaired) electrons. The van der Waals surface area contributed by atoms with E-state index < -0.39 is 0 Å². The SMILES string of the molecule is Cc1c(-c2ccc3c(c2)CCO3)nnc2c(C3CCCN(C)C3)coc12. The molecule has 0 spiro atoms. The van der Waals surface area contributed by atoms with E-state index in [9.17, 15) is 0 Å². The van der Waals surface area contributed by atoms with Crippen molar-refractivity contribution in [1.29, 1.82) is 0 Å². The van der Waals surface area contributed by atoms with Crippen molar-refractivity contribution in [3.05, 3.63) is 41.2 Å². The summed E-state index contributed by atoms with van der Waals surface area (Å²) in [4.78, 5) is 2.38. The number of hydrogen-bond donors (Lipinski definition) is 0. The normalized spacial score (nSPS) is 20.3. The van der Waals surface area contributed by atoms with Crippen molar-refractivity contribution in [3.8, 4) is 17.0 Å². The Balaban J connectivity index is 1.56. The van der Waals surface area contributed by atoms with E-state index in [0.717, 1.165) is 53.2 Å². The van der Waals surface area contributed by atoms with Crippen LogP contribution in [-0.2, 0) is 6.42 Å². The molecule has 5 nitrogen and oxygen atoms in total. The van der Waals surface area contributed by atoms with Crippen molar-refractivity contribution in [2.75, 3.05) is 26.7 Å². The van der Waals surface area contributed by atoms with Crippen LogP contribution in [0.25, 0.3) is 22.4 Å². The van der Waals surface area contributed by atoms with Gasteiger partial charge >= 0.3 is 0 Å². The predicted molar refractivity (Wildman–Crippen MR) is 101 cm³/mol. The van der Waals surface area contributed by atoms with E-state index in [0.29, 0.717) is 5.92 Å². The number of likely N-dealkylation sites (tertiary alicyclic amines) is 1. The van der Waals surface area contributed by atoms with Gasteiger partial charge in [0.2, 0.25) is 0 Å². The molecule has 26 heavy (non-hydrogen) atoms. The first-order chi connectivity index (χ1) is 12.7. The molecule has 5 heteroatoms. The Labute approximate surface area is 153 Å². The lowest BCUT2D eigenvalue weighted by atomic mass is 9.91. The Morgan fingerprint density at radius 3 is 3.04 bits per heavy atom. The Morgan fingerprint density at radius 1 is 1.23 bits per heavy atom. The number of hydrogen-bond acceptors (Lipinski definition) is 5. The second-order valence-electron chi connectivity index (χ2n) is 7.56. The first-order valence-electron chi connectivity index (χ1n) is 9.39. The average molecular weight is 349 g/mol. The molecule has 2 aliphatic rings. The first-order valence-corrected chi connectivity index (χ1v) is 9.39. The zero-order valence-electron chi connectivity index (χ0n) is 15.3. The van der Waals surface area contributed by atoms with Crippen LogP contribution in [0, 0.1) is 6.92 Å². The molecule has 0 saturated carbocycles. The Hall–Kier alpha value is -2.40. The highest BCUT2D eigenvalue weighted by atomic mass is 16.5. The van der Waals surface area contributed by atoms with Gasteiger partial charge in [-0.2, -0.15) is 0 Å². The summed E-state index contributed by atoms with van der Waals surface area (Å²) in [6.45, 7) is 5.07. The van der Waals surface area contributed by atoms with E-state index >= 15 is 0 Å². The van der Waals surface area contributed by atoms with E-state index in [2.05, 4.69) is 41.2 Å². The van der Waals surface area contributed by atoms with Crippen LogP contribution in [0.4, 0.5) is 0 Å². The van der Waals surface area contributed by atoms with Gasteiger partial charge in [-0.15, -0.1) is 10.2 Å². The van der Waals surface area contributed by atoms with Crippen LogP contribution < -0.4 is 4.74 Å². The molecule has 5 rings (SSSR count). The summed E-state index contributed by atoms with van der Waals surface area (Å²) in [5.41, 5.74) is 7.28. The van der Waals surface area contributed by atoms with Gasteiger partial charge in [-0.3, -0.25) is 0 Å². The number of rotatable bonds is 2. The molecular formula is C21H23N3O2. The van der Waals surface area contributed by atoms with E-state index in [1.165, 1.54) is 30.5 Å². The van der Waals surface area contributed by atoms with Gasteiger partial charge in [0.05, 0.1) is 18.6 Å². The van der Waals surface area contributed by atoms with Crippen LogP contribution >= 0.6 is 0 Å². The number of aromatic nitrogens is 2. The molecule has 0 N–H and O–H groups in total. The van der Waals surface area contributed by atoms with Gasteiger partial charge < -0.3 is 14.1 Å². The Morgan fingerprint density at radius 2 is 2.15 bits per heavy atom. The summed E-state index contributed by atoms with van der Waals surface area (Å²) in [6, 6.07) is 6.27. The smallest absolute Gasteiger partial charge is 0.159 e. The summed E-state index contributed by atoms with van der Waals surface area (Å²) in [5, 5.41) is 9.16. The number of ether oxygens (including phenoxy) is 1. The van der Waals surface area contributed by atoms with Crippen molar-refractivity contribution in [2.24, 2.45) is 0 Å². The second kappa shape index (κ2) is 6.09. The Kier molecular flexibility index (Phi) is 3.71. The van der Waals surface area contributed by atoms with Crippen LogP contribution in [0.5, 0.6) is 5.75 Å². The first kappa shape index (κ1) is 15.8. The van der Waals surface area contributed by atoms with E-state index in [1.807, 2.05) is 12.3 Å². The minimum absolute atomic E-state index is 0.478. The van der Waals surface area contributed by atoms with E-state index in [-0.39, 0.29) is 0 Å². The minimum atomic E-state index is 0.478. The maximum atomic E-state index is 5.98. The third-order valence-electron chi connectivity index (χ3n) is 5.77. The van der Waals surface area contributed by atoms with Gasteiger partial charge in [0.25, 0.3) is 0 Å². The molecule has 0 bridgehead atoms. The molecule has 4 heterocycles. The molecule has 0 aliphatic carbocycles. The van der Waals surface area contributed by atoms with Crippen molar-refractivity contribution >= 4 is 11.1 Å². The molecule has 0 amide bonds. The second-order valence-corrected chi connectivity index (χ2v) is 7.56. The number of likely N-dealkylation sites (N-methyl/N-ethyl adjacent to an activating group) is 1. The molecule has 3 aromatic rings. The lowest BCUT2D eigenvalue weighted by molar-refractivity contribution is 0.250. The molecule has 1 aromatic carbocycles. The molecule has 2 aliphatic heterocycles. The number of furan rings is 1. The number of aryl methyl sites for hydroxylation is 1. The molecule has 1 saturated heterocycles. The zero-order chi connectivity index (χ0) is 17.7. The van der Waals surface area contributed by atoms with Crippen LogP contribution in [0.15, 0.2) is 28.9 Å². The number of benzene rings is 1. The van der Waals surface area contributed by atoms with Gasteiger partial charge in [-0.25, -0.2) is 0 Å². The summed E-state index contributed by atoms with van der Waals surface area (Å²) in [7, 11) is 2.18. The fourth-order valence-electron chi connectivity index (χ4n) is 4.33. The minimum Gasteiger partial charge on any atom is -0.493 e. The van der Waals surface area contributed by atoms with Crippen LogP contribution in [0.1, 0.15) is 35.4 Å². The average Bonchev–Trinajstić information content (AvgIpc) is 3.28. The lowest BCUT2D eigenvalue weighted by Crippen LogP contribution is -2.30. The number of fused-ring (bicyclic) bond motifs is 2. The summed E-state index contributed by atoms with van der Waals surface area (Å²) in [6.07, 6.45) is 5.26. The van der Waals surface area contributed by atoms with E-state index in [4.69, 9.17) is 9.15 Å². The van der Waals surface area contributed by atoms with Gasteiger partial charge in [0.15, 0.2) is 5.58 Å². The quantitative estimate of drug-likeness (QED) is 0.701. The molecular weight excluding hydrogens is 326 g/mol. The molecule has 1 atom stereocenters. The topological polar surface area (TPSA) is 51.4 Å². The lowest BCUT2D eigenvalue weighted by Gasteiger charge is -2.28. The summed E-state index contributed by atoms with van der Waals surface area (Å²) < 4.78 is 11.6. The van der Waals surface area contributed by atoms with Crippen molar-refractivity contribution < 1.29 is 9.15 Å². The van der Waals surface area contributed by atoms with E-state index in [1.54, 1.807) is 0 Å². The fourth-order valence-corrected chi connectivity index (χ4v) is 4.33. The maximum Gasteiger partial charge on any atom is 0.159 e. The van der Waals surface area contributed by atoms with Gasteiger partial charge in [-0.05, 0) is 57.1 Å². The highest BCUT2D eigenvalue weighted by molar-refractivity contribution is 5.84. The summed E-state index contributed by atoms with van der Waals surface area (Å²) >= 11 is 0. The van der Waals surface area contributed by atoms with Crippen LogP contribution in [-0.4, -0.2) is 41.8 Å². The van der Waals surface area contributed by atoms with Crippen molar-refractivity contribution in [1.82, 2.24) is 15.1 Å². The molecule has 1 unspecified atom stereocenters. The third kappa shape index (κ3) is 2.50. The third-order valence-corrected chi connectivity index (χ3v) is 5.77. The number of nitrogens with zero attached hydrogens (tertiary/aromatic N) is 3. The van der Waals surface area contributed by atoms with Crippen LogP contribution in [0.3, 0.4) is 0 Å². The van der Waals surface area contributed by atoms with Crippen LogP contribution in [0.2, 0.25) is 0 Å². The van der Waals surface area contributed by atoms with Gasteiger partial charge in [-0.1, -0.05) is 0 Å². The monoisotopic (exact) mass is 349 g/mol. The molecule has 1 fully saturated rings. The maximum absolute atomic E-state index is 5.98. The predicted octanol–water partition coefficient (Wildman–Crippen LogP) is 3.94. The fraction of sp³-hybridized carbons (Fsp3) is 0.429. The van der Waals surface area contributed by atoms with Gasteiger partial charge in [0.1, 0.15) is 11.3 Å². The standard InChI is InChI=1S/C21H23N3O2/c1-13-19(15-5-6-18-14(10-15)7-9-25-18)22-23-20-17(12-26-21(13)20)16-4-3-8-24(2)11-16/h5-6,10,12,16H,3-4,7-9,11H2,1-2H3. The summed E-state index contributed by atoms with van der Waals surface area (Å²) in [5.74, 6) is 1.47. The largest absolute Gasteiger partial charge is 0.493 e. The van der Waals surface area contributed by atoms with Gasteiger partial charge in [0, 0.05) is 35.6 Å².